The van der Waals surface area contributed by atoms with Gasteiger partial charge >= 0.3 is 6.09 Å². The number of carbonyl (C=O) groups excluding carboxylic acids is 2. The van der Waals surface area contributed by atoms with E-state index in [1.807, 2.05) is 26.0 Å². The molecule has 0 heterocycles. The highest BCUT2D eigenvalue weighted by Crippen LogP contribution is 2.28. The number of hydrogen-bond acceptors (Lipinski definition) is 4. The molecule has 1 rings (SSSR count). The maximum atomic E-state index is 12.1. The Morgan fingerprint density at radius 2 is 1.74 bits per heavy atom. The minimum absolute atomic E-state index is 0.0783. The van der Waals surface area contributed by atoms with Gasteiger partial charge in [-0.3, -0.25) is 0 Å². The standard InChI is InChI=1S/C18H27NO4/c1-12(2)15(11-20)16(19-17(21)23-18(3,4)5)13-7-9-14(22-6)10-8-13/h7-12,15-16H,1-6H3,(H,19,21)/t15-,16-/m1/s1. The van der Waals surface area contributed by atoms with Crippen LogP contribution in [0.4, 0.5) is 4.79 Å². The SMILES string of the molecule is COc1ccc([C@@H](NC(=O)OC(C)(C)C)[C@H](C=O)C(C)C)cc1. The monoisotopic (exact) mass is 321 g/mol. The van der Waals surface area contributed by atoms with Gasteiger partial charge in [0.2, 0.25) is 0 Å². The van der Waals surface area contributed by atoms with Crippen molar-refractivity contribution in [2.45, 2.75) is 46.3 Å². The van der Waals surface area contributed by atoms with Crippen LogP contribution >= 0.6 is 0 Å². The molecule has 0 radical (unpaired) electrons. The number of methoxy groups -OCH3 is 1. The molecule has 0 saturated heterocycles. The molecule has 0 aliphatic heterocycles. The van der Waals surface area contributed by atoms with Gasteiger partial charge in [0, 0.05) is 5.92 Å². The Labute approximate surface area is 138 Å². The van der Waals surface area contributed by atoms with E-state index in [1.165, 1.54) is 0 Å². The zero-order chi connectivity index (χ0) is 17.6. The van der Waals surface area contributed by atoms with Crippen molar-refractivity contribution in [1.82, 2.24) is 5.32 Å². The molecule has 5 heteroatoms. The van der Waals surface area contributed by atoms with E-state index in [1.54, 1.807) is 40.0 Å². The predicted molar refractivity (Wildman–Crippen MR) is 89.5 cm³/mol. The van der Waals surface area contributed by atoms with Gasteiger partial charge in [-0.25, -0.2) is 4.79 Å². The minimum atomic E-state index is -0.594. The van der Waals surface area contributed by atoms with Crippen molar-refractivity contribution in [3.63, 3.8) is 0 Å². The molecule has 0 fully saturated rings. The fourth-order valence-corrected chi connectivity index (χ4v) is 2.27. The first-order valence-corrected chi connectivity index (χ1v) is 7.76. The van der Waals surface area contributed by atoms with Gasteiger partial charge in [-0.15, -0.1) is 0 Å². The van der Waals surface area contributed by atoms with Crippen LogP contribution in [0.3, 0.4) is 0 Å². The number of benzene rings is 1. The van der Waals surface area contributed by atoms with E-state index >= 15 is 0 Å². The van der Waals surface area contributed by atoms with Crippen LogP contribution in [0.2, 0.25) is 0 Å². The molecule has 0 aliphatic carbocycles. The molecule has 1 aromatic carbocycles. The molecule has 0 spiro atoms. The fourth-order valence-electron chi connectivity index (χ4n) is 2.27. The molecule has 0 saturated carbocycles. The number of nitrogens with one attached hydrogen (secondary N) is 1. The van der Waals surface area contributed by atoms with Gasteiger partial charge in [-0.1, -0.05) is 26.0 Å². The number of aldehydes is 1. The number of hydrogen-bond donors (Lipinski definition) is 1. The van der Waals surface area contributed by atoms with Gasteiger partial charge in [-0.2, -0.15) is 0 Å². The van der Waals surface area contributed by atoms with Crippen molar-refractivity contribution in [3.05, 3.63) is 29.8 Å². The summed E-state index contributed by atoms with van der Waals surface area (Å²) in [5, 5.41) is 2.83. The van der Waals surface area contributed by atoms with E-state index in [0.29, 0.717) is 0 Å². The van der Waals surface area contributed by atoms with Crippen LogP contribution in [-0.4, -0.2) is 25.1 Å². The van der Waals surface area contributed by atoms with E-state index in [4.69, 9.17) is 9.47 Å². The molecule has 0 aliphatic rings. The summed E-state index contributed by atoms with van der Waals surface area (Å²) in [7, 11) is 1.59. The van der Waals surface area contributed by atoms with Gasteiger partial charge in [0.05, 0.1) is 13.2 Å². The van der Waals surface area contributed by atoms with Crippen molar-refractivity contribution >= 4 is 12.4 Å². The lowest BCUT2D eigenvalue weighted by Crippen LogP contribution is -2.39. The van der Waals surface area contributed by atoms with Crippen molar-refractivity contribution in [3.8, 4) is 5.75 Å². The Morgan fingerprint density at radius 1 is 1.17 bits per heavy atom. The second-order valence-corrected chi connectivity index (χ2v) is 6.85. The maximum Gasteiger partial charge on any atom is 0.408 e. The topological polar surface area (TPSA) is 64.6 Å². The fraction of sp³-hybridized carbons (Fsp3) is 0.556. The second-order valence-electron chi connectivity index (χ2n) is 6.85. The van der Waals surface area contributed by atoms with Crippen LogP contribution in [0.25, 0.3) is 0 Å². The van der Waals surface area contributed by atoms with Crippen molar-refractivity contribution in [1.29, 1.82) is 0 Å². The van der Waals surface area contributed by atoms with E-state index in [2.05, 4.69) is 5.32 Å². The number of amides is 1. The molecular formula is C18H27NO4. The highest BCUT2D eigenvalue weighted by Gasteiger charge is 2.29. The summed E-state index contributed by atoms with van der Waals surface area (Å²) in [4.78, 5) is 23.7. The largest absolute Gasteiger partial charge is 0.497 e. The quantitative estimate of drug-likeness (QED) is 0.811. The summed E-state index contributed by atoms with van der Waals surface area (Å²) in [6.45, 7) is 9.30. The van der Waals surface area contributed by atoms with Gasteiger partial charge in [0.25, 0.3) is 0 Å². The van der Waals surface area contributed by atoms with E-state index in [-0.39, 0.29) is 11.8 Å². The van der Waals surface area contributed by atoms with Gasteiger partial charge in [0.1, 0.15) is 17.6 Å². The minimum Gasteiger partial charge on any atom is -0.497 e. The molecule has 23 heavy (non-hydrogen) atoms. The molecule has 0 aromatic heterocycles. The molecule has 0 bridgehead atoms. The van der Waals surface area contributed by atoms with Crippen molar-refractivity contribution in [2.24, 2.45) is 11.8 Å². The Hall–Kier alpha value is -2.04. The maximum absolute atomic E-state index is 12.1. The lowest BCUT2D eigenvalue weighted by molar-refractivity contribution is -0.113. The lowest BCUT2D eigenvalue weighted by atomic mass is 9.85. The van der Waals surface area contributed by atoms with E-state index in [9.17, 15) is 9.59 Å². The highest BCUT2D eigenvalue weighted by molar-refractivity contribution is 5.70. The van der Waals surface area contributed by atoms with Crippen LogP contribution in [0.5, 0.6) is 5.75 Å². The predicted octanol–water partition coefficient (Wildman–Crippen LogP) is 3.73. The summed E-state index contributed by atoms with van der Waals surface area (Å²) < 4.78 is 10.5. The smallest absolute Gasteiger partial charge is 0.408 e. The Morgan fingerprint density at radius 3 is 2.13 bits per heavy atom. The van der Waals surface area contributed by atoms with Crippen molar-refractivity contribution in [2.75, 3.05) is 7.11 Å². The van der Waals surface area contributed by atoms with Crippen LogP contribution < -0.4 is 10.1 Å². The lowest BCUT2D eigenvalue weighted by Gasteiger charge is -2.29. The number of ether oxygens (including phenoxy) is 2. The first-order chi connectivity index (χ1) is 10.7. The number of alkyl carbamates (subject to hydrolysis) is 1. The van der Waals surface area contributed by atoms with Crippen LogP contribution in [0.1, 0.15) is 46.2 Å². The summed E-state index contributed by atoms with van der Waals surface area (Å²) in [6, 6.07) is 6.86. The van der Waals surface area contributed by atoms with Gasteiger partial charge < -0.3 is 19.6 Å². The second kappa shape index (κ2) is 7.99. The van der Waals surface area contributed by atoms with Gasteiger partial charge in [0.15, 0.2) is 0 Å². The van der Waals surface area contributed by atoms with Crippen LogP contribution in [-0.2, 0) is 9.53 Å². The summed E-state index contributed by atoms with van der Waals surface area (Å²) in [6.07, 6.45) is 0.350. The molecule has 5 nitrogen and oxygen atoms in total. The molecule has 1 N–H and O–H groups in total. The Balaban J connectivity index is 3.05. The number of carbonyl (C=O) groups is 2. The first kappa shape index (κ1) is 19.0. The zero-order valence-corrected chi connectivity index (χ0v) is 14.8. The van der Waals surface area contributed by atoms with Crippen LogP contribution in [0.15, 0.2) is 24.3 Å². The molecule has 2 atom stereocenters. The molecule has 1 aromatic rings. The molecule has 128 valence electrons. The third-order valence-corrected chi connectivity index (χ3v) is 3.46. The first-order valence-electron chi connectivity index (χ1n) is 7.76. The van der Waals surface area contributed by atoms with Crippen molar-refractivity contribution < 1.29 is 19.1 Å². The van der Waals surface area contributed by atoms with Crippen LogP contribution in [0, 0.1) is 11.8 Å². The Kier molecular flexibility index (Phi) is 6.61. The molecular weight excluding hydrogens is 294 g/mol. The summed E-state index contributed by atoms with van der Waals surface area (Å²) in [5.41, 5.74) is 0.241. The Bertz CT molecular complexity index is 517. The zero-order valence-electron chi connectivity index (χ0n) is 14.8. The van der Waals surface area contributed by atoms with E-state index in [0.717, 1.165) is 17.6 Å². The van der Waals surface area contributed by atoms with E-state index < -0.39 is 17.7 Å². The number of rotatable bonds is 6. The summed E-state index contributed by atoms with van der Waals surface area (Å²) >= 11 is 0. The third-order valence-electron chi connectivity index (χ3n) is 3.46. The average Bonchev–Trinajstić information content (AvgIpc) is 2.45. The molecule has 0 unspecified atom stereocenters. The normalized spacial score (nSPS) is 14.0. The average molecular weight is 321 g/mol. The highest BCUT2D eigenvalue weighted by atomic mass is 16.6. The summed E-state index contributed by atoms with van der Waals surface area (Å²) in [5.74, 6) is 0.447. The third kappa shape index (κ3) is 5.93. The molecule has 1 amide bonds. The van der Waals surface area contributed by atoms with Gasteiger partial charge in [-0.05, 0) is 44.4 Å².